The van der Waals surface area contributed by atoms with Crippen LogP contribution in [0.15, 0.2) is 48.6 Å². The Labute approximate surface area is 290 Å². The van der Waals surface area contributed by atoms with Gasteiger partial charge in [-0.15, -0.1) is 0 Å². The fourth-order valence-electron chi connectivity index (χ4n) is 5.56. The summed E-state index contributed by atoms with van der Waals surface area (Å²) in [6.07, 6.45) is 45.3. The van der Waals surface area contributed by atoms with Gasteiger partial charge in [-0.25, -0.2) is 0 Å². The molecule has 0 rings (SSSR count). The van der Waals surface area contributed by atoms with Crippen LogP contribution in [0, 0.1) is 0 Å². The quantitative estimate of drug-likeness (QED) is 0.0357. The number of amides is 1. The fourth-order valence-corrected chi connectivity index (χ4v) is 6.30. The van der Waals surface area contributed by atoms with Gasteiger partial charge in [-0.05, 0) is 57.8 Å². The first kappa shape index (κ1) is 45.3. The zero-order valence-corrected chi connectivity index (χ0v) is 31.2. The Kier molecular flexibility index (Phi) is 32.9. The Balaban J connectivity index is 4.02. The highest BCUT2D eigenvalue weighted by molar-refractivity contribution is 7.85. The van der Waals surface area contributed by atoms with E-state index in [1.54, 1.807) is 0 Å². The molecule has 6 nitrogen and oxygen atoms in total. The maximum atomic E-state index is 12.4. The van der Waals surface area contributed by atoms with E-state index in [1.807, 2.05) is 6.08 Å². The highest BCUT2D eigenvalue weighted by Crippen LogP contribution is 2.13. The van der Waals surface area contributed by atoms with Gasteiger partial charge in [0.1, 0.15) is 0 Å². The van der Waals surface area contributed by atoms with Gasteiger partial charge in [0.2, 0.25) is 5.91 Å². The monoisotopic (exact) mass is 680 g/mol. The molecule has 0 spiro atoms. The average molecular weight is 680 g/mol. The molecule has 3 N–H and O–H groups in total. The van der Waals surface area contributed by atoms with E-state index in [1.165, 1.54) is 96.0 Å². The van der Waals surface area contributed by atoms with Gasteiger partial charge in [0.05, 0.1) is 17.9 Å². The molecule has 274 valence electrons. The van der Waals surface area contributed by atoms with Crippen molar-refractivity contribution in [1.29, 1.82) is 0 Å². The van der Waals surface area contributed by atoms with Gasteiger partial charge in [-0.2, -0.15) is 8.42 Å². The van der Waals surface area contributed by atoms with E-state index < -0.39 is 28.0 Å². The molecule has 0 aromatic carbocycles. The first-order valence-corrected chi connectivity index (χ1v) is 20.9. The third-order valence-corrected chi connectivity index (χ3v) is 9.24. The maximum absolute atomic E-state index is 12.4. The number of aliphatic hydroxyl groups is 1. The van der Waals surface area contributed by atoms with E-state index in [4.69, 9.17) is 0 Å². The average Bonchev–Trinajstić information content (AvgIpc) is 3.03. The minimum Gasteiger partial charge on any atom is -0.387 e. The van der Waals surface area contributed by atoms with Crippen molar-refractivity contribution in [2.24, 2.45) is 0 Å². The Morgan fingerprint density at radius 1 is 0.574 bits per heavy atom. The molecule has 0 aliphatic rings. The Bertz CT molecular complexity index is 925. The predicted octanol–water partition coefficient (Wildman–Crippen LogP) is 11.1. The van der Waals surface area contributed by atoms with Gasteiger partial charge < -0.3 is 10.4 Å². The lowest BCUT2D eigenvalue weighted by Gasteiger charge is -2.21. The molecule has 0 aliphatic heterocycles. The van der Waals surface area contributed by atoms with Crippen LogP contribution in [0.1, 0.15) is 181 Å². The summed E-state index contributed by atoms with van der Waals surface area (Å²) < 4.78 is 32.4. The Morgan fingerprint density at radius 3 is 1.55 bits per heavy atom. The van der Waals surface area contributed by atoms with Gasteiger partial charge in [0.25, 0.3) is 10.1 Å². The summed E-state index contributed by atoms with van der Waals surface area (Å²) in [7, 11) is -4.36. The van der Waals surface area contributed by atoms with E-state index in [2.05, 4.69) is 55.6 Å². The molecule has 0 saturated heterocycles. The second-order valence-corrected chi connectivity index (χ2v) is 14.7. The number of carbonyl (C=O) groups is 1. The molecule has 7 heteroatoms. The van der Waals surface area contributed by atoms with E-state index in [0.717, 1.165) is 57.8 Å². The molecule has 2 atom stereocenters. The van der Waals surface area contributed by atoms with Crippen molar-refractivity contribution < 1.29 is 22.9 Å². The molecule has 47 heavy (non-hydrogen) atoms. The normalized spacial score (nSPS) is 13.9. The molecule has 0 radical (unpaired) electrons. The molecule has 0 aromatic rings. The summed E-state index contributed by atoms with van der Waals surface area (Å²) >= 11 is 0. The third kappa shape index (κ3) is 35.4. The second-order valence-electron chi connectivity index (χ2n) is 13.2. The molecular weight excluding hydrogens is 607 g/mol. The lowest BCUT2D eigenvalue weighted by molar-refractivity contribution is -0.122. The van der Waals surface area contributed by atoms with Crippen LogP contribution in [0.2, 0.25) is 0 Å². The van der Waals surface area contributed by atoms with Crippen molar-refractivity contribution in [3.05, 3.63) is 48.6 Å². The van der Waals surface area contributed by atoms with Crippen LogP contribution in [-0.2, 0) is 14.9 Å². The van der Waals surface area contributed by atoms with Crippen LogP contribution in [0.4, 0.5) is 0 Å². The lowest BCUT2D eigenvalue weighted by atomic mass is 10.0. The molecule has 0 fully saturated rings. The Hall–Kier alpha value is -1.70. The van der Waals surface area contributed by atoms with Crippen LogP contribution in [0.5, 0.6) is 0 Å². The van der Waals surface area contributed by atoms with Crippen molar-refractivity contribution in [2.45, 2.75) is 193 Å². The van der Waals surface area contributed by atoms with Gasteiger partial charge in [0, 0.05) is 6.42 Å². The standard InChI is InChI=1S/C40H73NO5S/c1-3-5-7-9-11-13-15-17-18-19-20-21-22-24-25-27-29-31-33-35-39(42)38(37-47(44,45)46)41-40(43)36-34-32-30-28-26-23-16-14-12-10-8-6-4-2/h8,10,14,16,25,27,33,35,38-39,42H,3-7,9,11-13,15,17-24,26,28-32,34,36-37H2,1-2H3,(H,41,43)(H,44,45,46)/b10-8-,16-14-,27-25+,35-33+. The van der Waals surface area contributed by atoms with E-state index in [-0.39, 0.29) is 12.3 Å². The third-order valence-electron chi connectivity index (χ3n) is 8.46. The van der Waals surface area contributed by atoms with Crippen molar-refractivity contribution in [3.8, 4) is 0 Å². The van der Waals surface area contributed by atoms with E-state index in [9.17, 15) is 22.9 Å². The van der Waals surface area contributed by atoms with Gasteiger partial charge >= 0.3 is 0 Å². The molecule has 0 saturated carbocycles. The summed E-state index contributed by atoms with van der Waals surface area (Å²) in [6, 6.07) is -1.08. The molecule has 0 heterocycles. The minimum atomic E-state index is -4.36. The smallest absolute Gasteiger partial charge is 0.267 e. The number of unbranched alkanes of at least 4 members (excludes halogenated alkanes) is 20. The zero-order chi connectivity index (χ0) is 34.7. The number of nitrogens with one attached hydrogen (secondary N) is 1. The largest absolute Gasteiger partial charge is 0.387 e. The predicted molar refractivity (Wildman–Crippen MR) is 202 cm³/mol. The van der Waals surface area contributed by atoms with E-state index >= 15 is 0 Å². The summed E-state index contributed by atoms with van der Waals surface area (Å²) in [4.78, 5) is 12.4. The number of allylic oxidation sites excluding steroid dienone is 7. The number of hydrogen-bond acceptors (Lipinski definition) is 4. The SMILES string of the molecule is CCC/C=C\C/C=C\CCCCCCCC(=O)NC(CS(=O)(=O)O)C(O)/C=C/CC/C=C/CCCCCCCCCCCCCCC. The number of carbonyl (C=O) groups excluding carboxylic acids is 1. The molecular formula is C40H73NO5S. The molecule has 0 bridgehead atoms. The first-order valence-electron chi connectivity index (χ1n) is 19.3. The van der Waals surface area contributed by atoms with E-state index in [0.29, 0.717) is 12.8 Å². The Morgan fingerprint density at radius 2 is 1.02 bits per heavy atom. The van der Waals surface area contributed by atoms with Crippen LogP contribution in [0.3, 0.4) is 0 Å². The fraction of sp³-hybridized carbons (Fsp3) is 0.775. The summed E-state index contributed by atoms with van der Waals surface area (Å²) in [5, 5.41) is 13.2. The first-order chi connectivity index (χ1) is 22.8. The minimum absolute atomic E-state index is 0.270. The maximum Gasteiger partial charge on any atom is 0.267 e. The molecule has 1 amide bonds. The molecule has 2 unspecified atom stereocenters. The van der Waals surface area contributed by atoms with Crippen molar-refractivity contribution in [2.75, 3.05) is 5.75 Å². The lowest BCUT2D eigenvalue weighted by Crippen LogP contribution is -2.46. The number of aliphatic hydroxyl groups excluding tert-OH is 1. The molecule has 0 aromatic heterocycles. The van der Waals surface area contributed by atoms with Gasteiger partial charge in [-0.1, -0.05) is 165 Å². The van der Waals surface area contributed by atoms with Crippen LogP contribution < -0.4 is 5.32 Å². The van der Waals surface area contributed by atoms with Crippen LogP contribution in [-0.4, -0.2) is 41.9 Å². The molecule has 0 aliphatic carbocycles. The number of rotatable bonds is 34. The second kappa shape index (κ2) is 34.2. The topological polar surface area (TPSA) is 104 Å². The summed E-state index contributed by atoms with van der Waals surface area (Å²) in [5.74, 6) is -1.02. The highest BCUT2D eigenvalue weighted by Gasteiger charge is 2.24. The van der Waals surface area contributed by atoms with Crippen LogP contribution >= 0.6 is 0 Å². The highest BCUT2D eigenvalue weighted by atomic mass is 32.2. The summed E-state index contributed by atoms with van der Waals surface area (Å²) in [5.41, 5.74) is 0. The number of hydrogen-bond donors (Lipinski definition) is 3. The van der Waals surface area contributed by atoms with Crippen molar-refractivity contribution in [3.63, 3.8) is 0 Å². The van der Waals surface area contributed by atoms with Crippen molar-refractivity contribution in [1.82, 2.24) is 5.32 Å². The van der Waals surface area contributed by atoms with Gasteiger partial charge in [0.15, 0.2) is 0 Å². The summed E-state index contributed by atoms with van der Waals surface area (Å²) in [6.45, 7) is 4.45. The van der Waals surface area contributed by atoms with Crippen LogP contribution in [0.25, 0.3) is 0 Å². The van der Waals surface area contributed by atoms with Gasteiger partial charge in [-0.3, -0.25) is 9.35 Å². The zero-order valence-electron chi connectivity index (χ0n) is 30.4. The van der Waals surface area contributed by atoms with Crippen molar-refractivity contribution >= 4 is 16.0 Å².